The molecule has 1 heterocycles. The Hall–Kier alpha value is -0.150. The zero-order valence-electron chi connectivity index (χ0n) is 6.15. The predicted molar refractivity (Wildman–Crippen MR) is 38.5 cm³/mol. The smallest absolute Gasteiger partial charge is 0.103 e. The molecule has 0 amide bonds. The molecule has 0 aliphatic carbocycles. The first-order valence-corrected chi connectivity index (χ1v) is 3.84. The van der Waals surface area contributed by atoms with Gasteiger partial charge in [-0.2, -0.15) is 0 Å². The minimum absolute atomic E-state index is 0.441. The van der Waals surface area contributed by atoms with Gasteiger partial charge in [0.1, 0.15) is 6.17 Å². The van der Waals surface area contributed by atoms with Crippen LogP contribution in [0, 0.1) is 0 Å². The highest BCUT2D eigenvalue weighted by atomic mass is 19.1. The highest BCUT2D eigenvalue weighted by molar-refractivity contribution is 4.70. The van der Waals surface area contributed by atoms with Gasteiger partial charge in [0.15, 0.2) is 0 Å². The number of alkyl halides is 1. The highest BCUT2D eigenvalue weighted by Gasteiger charge is 2.16. The van der Waals surface area contributed by atoms with E-state index in [1.54, 1.807) is 0 Å². The summed E-state index contributed by atoms with van der Waals surface area (Å²) in [6.07, 6.45) is 0.752. The van der Waals surface area contributed by atoms with Crippen LogP contribution in [0.25, 0.3) is 0 Å². The van der Waals surface area contributed by atoms with Crippen molar-refractivity contribution in [1.29, 1.82) is 0 Å². The number of hydrogen-bond donors (Lipinski definition) is 0. The minimum atomic E-state index is -0.581. The first-order chi connectivity index (χ1) is 4.83. The van der Waals surface area contributed by atoms with E-state index in [-0.39, 0.29) is 0 Å². The lowest BCUT2D eigenvalue weighted by Gasteiger charge is -2.27. The number of nitrogens with zero attached hydrogens (tertiary/aromatic N) is 1. The summed E-state index contributed by atoms with van der Waals surface area (Å²) in [5.74, 6) is 0. The van der Waals surface area contributed by atoms with Gasteiger partial charge in [-0.05, 0) is 12.8 Å². The maximum Gasteiger partial charge on any atom is 0.103 e. The molecule has 0 aromatic carbocycles. The molecule has 0 aromatic rings. The lowest BCUT2D eigenvalue weighted by molar-refractivity contribution is 0.153. The number of nitrogens with one attached hydrogen (secondary N) is 1. The Balaban J connectivity index is 2.13. The van der Waals surface area contributed by atoms with Crippen LogP contribution in [-0.4, -0.2) is 37.3 Å². The molecular formula is C7H14FN2. The minimum Gasteiger partial charge on any atom is -0.302 e. The number of hydrogen-bond acceptors (Lipinski definition) is 1. The van der Waals surface area contributed by atoms with E-state index in [0.717, 1.165) is 19.6 Å². The van der Waals surface area contributed by atoms with E-state index in [1.807, 2.05) is 0 Å². The van der Waals surface area contributed by atoms with Gasteiger partial charge in [-0.1, -0.05) is 0 Å². The molecule has 1 fully saturated rings. The van der Waals surface area contributed by atoms with Crippen LogP contribution >= 0.6 is 0 Å². The fourth-order valence-corrected chi connectivity index (χ4v) is 1.28. The van der Waals surface area contributed by atoms with Crippen molar-refractivity contribution in [3.05, 3.63) is 0 Å². The van der Waals surface area contributed by atoms with Gasteiger partial charge in [-0.15, -0.1) is 0 Å². The van der Waals surface area contributed by atoms with Gasteiger partial charge in [0.05, 0.1) is 0 Å². The molecule has 59 valence electrons. The second-order valence-corrected chi connectivity index (χ2v) is 2.77. The molecule has 10 heavy (non-hydrogen) atoms. The molecule has 0 bridgehead atoms. The van der Waals surface area contributed by atoms with Gasteiger partial charge >= 0.3 is 0 Å². The average Bonchev–Trinajstić information content (AvgIpc) is 1.95. The third-order valence-electron chi connectivity index (χ3n) is 1.95. The fourth-order valence-electron chi connectivity index (χ4n) is 1.28. The molecule has 2 nitrogen and oxygen atoms in total. The topological polar surface area (TPSA) is 27.0 Å². The third-order valence-corrected chi connectivity index (χ3v) is 1.95. The lowest BCUT2D eigenvalue weighted by atomic mass is 10.1. The van der Waals surface area contributed by atoms with E-state index >= 15 is 0 Å². The lowest BCUT2D eigenvalue weighted by Crippen LogP contribution is -2.36. The second kappa shape index (κ2) is 3.88. The van der Waals surface area contributed by atoms with Gasteiger partial charge in [0.2, 0.25) is 0 Å². The first-order valence-electron chi connectivity index (χ1n) is 3.84. The molecule has 0 saturated carbocycles. The summed E-state index contributed by atoms with van der Waals surface area (Å²) in [7, 11) is 0. The van der Waals surface area contributed by atoms with Crippen LogP contribution in [0.15, 0.2) is 0 Å². The van der Waals surface area contributed by atoms with Crippen molar-refractivity contribution in [2.45, 2.75) is 19.0 Å². The zero-order valence-corrected chi connectivity index (χ0v) is 6.15. The van der Waals surface area contributed by atoms with E-state index in [9.17, 15) is 4.39 Å². The van der Waals surface area contributed by atoms with Crippen molar-refractivity contribution >= 4 is 0 Å². The number of piperidine rings is 1. The highest BCUT2D eigenvalue weighted by Crippen LogP contribution is 2.11. The molecule has 1 aliphatic rings. The van der Waals surface area contributed by atoms with E-state index < -0.39 is 6.17 Å². The summed E-state index contributed by atoms with van der Waals surface area (Å²) in [6.45, 7) is 2.95. The quantitative estimate of drug-likeness (QED) is 0.562. The monoisotopic (exact) mass is 145 g/mol. The molecular weight excluding hydrogens is 131 g/mol. The Morgan fingerprint density at radius 2 is 2.00 bits per heavy atom. The van der Waals surface area contributed by atoms with Crippen LogP contribution in [0.5, 0.6) is 0 Å². The Kier molecular flexibility index (Phi) is 3.09. The molecule has 1 saturated heterocycles. The normalized spacial score (nSPS) is 23.4. The maximum absolute atomic E-state index is 12.5. The van der Waals surface area contributed by atoms with Gasteiger partial charge in [-0.25, -0.2) is 4.39 Å². The van der Waals surface area contributed by atoms with Gasteiger partial charge < -0.3 is 4.90 Å². The Morgan fingerprint density at radius 3 is 2.50 bits per heavy atom. The van der Waals surface area contributed by atoms with Crippen LogP contribution in [0.1, 0.15) is 12.8 Å². The standard InChI is InChI=1S/C7H14FN2/c8-7-1-4-10(5-2-7)6-3-9/h7,9H,1-6H2. The molecule has 1 radical (unpaired) electrons. The first kappa shape index (κ1) is 7.95. The molecule has 1 aliphatic heterocycles. The van der Waals surface area contributed by atoms with E-state index in [0.29, 0.717) is 19.4 Å². The SMILES string of the molecule is [NH]CCN1CCC(F)CC1. The van der Waals surface area contributed by atoms with Crippen LogP contribution < -0.4 is 5.73 Å². The zero-order chi connectivity index (χ0) is 7.40. The molecule has 3 heteroatoms. The van der Waals surface area contributed by atoms with Gasteiger partial charge in [-0.3, -0.25) is 5.73 Å². The third kappa shape index (κ3) is 2.23. The van der Waals surface area contributed by atoms with Crippen LogP contribution in [0.2, 0.25) is 0 Å². The van der Waals surface area contributed by atoms with Crippen molar-refractivity contribution in [2.75, 3.05) is 26.2 Å². The molecule has 1 rings (SSSR count). The van der Waals surface area contributed by atoms with E-state index in [4.69, 9.17) is 5.73 Å². The summed E-state index contributed by atoms with van der Waals surface area (Å²) in [5, 5.41) is 0. The van der Waals surface area contributed by atoms with E-state index in [1.165, 1.54) is 0 Å². The van der Waals surface area contributed by atoms with Gasteiger partial charge in [0, 0.05) is 26.2 Å². The van der Waals surface area contributed by atoms with Crippen molar-refractivity contribution in [2.24, 2.45) is 0 Å². The van der Waals surface area contributed by atoms with Crippen molar-refractivity contribution in [1.82, 2.24) is 10.6 Å². The van der Waals surface area contributed by atoms with Crippen molar-refractivity contribution in [3.63, 3.8) is 0 Å². The largest absolute Gasteiger partial charge is 0.302 e. The van der Waals surface area contributed by atoms with Crippen molar-refractivity contribution < 1.29 is 4.39 Å². The summed E-state index contributed by atoms with van der Waals surface area (Å²) in [5.41, 5.74) is 6.95. The number of likely N-dealkylation sites (tertiary alicyclic amines) is 1. The molecule has 0 spiro atoms. The van der Waals surface area contributed by atoms with Gasteiger partial charge in [0.25, 0.3) is 0 Å². The van der Waals surface area contributed by atoms with Crippen LogP contribution in [-0.2, 0) is 0 Å². The summed E-state index contributed by atoms with van der Waals surface area (Å²) < 4.78 is 12.5. The Labute approximate surface area is 61.2 Å². The maximum atomic E-state index is 12.5. The predicted octanol–water partition coefficient (Wildman–Crippen LogP) is 0.703. The summed E-state index contributed by atoms with van der Waals surface area (Å²) >= 11 is 0. The molecule has 0 aromatic heterocycles. The summed E-state index contributed by atoms with van der Waals surface area (Å²) in [6, 6.07) is 0. The second-order valence-electron chi connectivity index (χ2n) is 2.77. The number of rotatable bonds is 2. The van der Waals surface area contributed by atoms with Crippen molar-refractivity contribution in [3.8, 4) is 0 Å². The summed E-state index contributed by atoms with van der Waals surface area (Å²) in [4.78, 5) is 2.16. The van der Waals surface area contributed by atoms with Crippen LogP contribution in [0.3, 0.4) is 0 Å². The van der Waals surface area contributed by atoms with Crippen LogP contribution in [0.4, 0.5) is 4.39 Å². The Morgan fingerprint density at radius 1 is 1.40 bits per heavy atom. The fraction of sp³-hybridized carbons (Fsp3) is 1.00. The molecule has 1 N–H and O–H groups in total. The molecule has 0 unspecified atom stereocenters. The number of halogens is 1. The molecule has 0 atom stereocenters. The van der Waals surface area contributed by atoms with E-state index in [2.05, 4.69) is 4.90 Å². The Bertz CT molecular complexity index is 89.6. The average molecular weight is 145 g/mol.